The standard InChI is InChI=1S/C24H25N3O2S/c1-2-6-17-10-12-18(13-11-17)24(21-9-5-14-30-21)25-15-23(29)27-16-22(28)26-19-7-3-4-8-20(19)27/h3-5,7-14,24-25H,2,6,15-16H2,1H3,(H,26,28)/t24-/m1/s1. The molecule has 2 amide bonds. The van der Waals surface area contributed by atoms with Crippen molar-refractivity contribution in [3.05, 3.63) is 82.0 Å². The summed E-state index contributed by atoms with van der Waals surface area (Å²) in [6.07, 6.45) is 2.18. The van der Waals surface area contributed by atoms with E-state index < -0.39 is 0 Å². The smallest absolute Gasteiger partial charge is 0.244 e. The lowest BCUT2D eigenvalue weighted by molar-refractivity contribution is -0.121. The van der Waals surface area contributed by atoms with Crippen molar-refractivity contribution in [1.82, 2.24) is 5.32 Å². The summed E-state index contributed by atoms with van der Waals surface area (Å²) in [5, 5.41) is 8.29. The van der Waals surface area contributed by atoms with Gasteiger partial charge in [0.15, 0.2) is 0 Å². The number of hydrogen-bond donors (Lipinski definition) is 2. The molecule has 5 nitrogen and oxygen atoms in total. The Morgan fingerprint density at radius 3 is 2.67 bits per heavy atom. The number of anilines is 2. The maximum atomic E-state index is 13.0. The van der Waals surface area contributed by atoms with Crippen molar-refractivity contribution in [2.24, 2.45) is 0 Å². The van der Waals surface area contributed by atoms with Crippen LogP contribution in [-0.2, 0) is 16.0 Å². The maximum absolute atomic E-state index is 13.0. The molecule has 2 aromatic carbocycles. The molecular weight excluding hydrogens is 394 g/mol. The third kappa shape index (κ3) is 4.45. The number of fused-ring (bicyclic) bond motifs is 1. The van der Waals surface area contributed by atoms with Gasteiger partial charge >= 0.3 is 0 Å². The van der Waals surface area contributed by atoms with Crippen molar-refractivity contribution < 1.29 is 9.59 Å². The van der Waals surface area contributed by atoms with Gasteiger partial charge in [0, 0.05) is 4.88 Å². The van der Waals surface area contributed by atoms with Gasteiger partial charge in [-0.3, -0.25) is 19.8 Å². The fraction of sp³-hybridized carbons (Fsp3) is 0.250. The lowest BCUT2D eigenvalue weighted by Gasteiger charge is -2.30. The number of amides is 2. The Labute approximate surface area is 180 Å². The zero-order valence-electron chi connectivity index (χ0n) is 16.9. The molecule has 30 heavy (non-hydrogen) atoms. The monoisotopic (exact) mass is 419 g/mol. The molecule has 0 bridgehead atoms. The summed E-state index contributed by atoms with van der Waals surface area (Å²) < 4.78 is 0. The quantitative estimate of drug-likeness (QED) is 0.598. The minimum atomic E-state index is -0.177. The summed E-state index contributed by atoms with van der Waals surface area (Å²) in [6, 6.07) is 20.0. The summed E-state index contributed by atoms with van der Waals surface area (Å²) in [7, 11) is 0. The van der Waals surface area contributed by atoms with Gasteiger partial charge in [0.1, 0.15) is 6.54 Å². The first-order chi connectivity index (χ1) is 14.7. The van der Waals surface area contributed by atoms with Gasteiger partial charge in [-0.25, -0.2) is 0 Å². The number of nitrogens with zero attached hydrogens (tertiary/aromatic N) is 1. The molecule has 2 N–H and O–H groups in total. The van der Waals surface area contributed by atoms with Gasteiger partial charge in [-0.15, -0.1) is 11.3 Å². The Bertz CT molecular complexity index is 1020. The average Bonchev–Trinajstić information content (AvgIpc) is 3.29. The zero-order valence-corrected chi connectivity index (χ0v) is 17.7. The first-order valence-corrected chi connectivity index (χ1v) is 11.1. The van der Waals surface area contributed by atoms with Crippen LogP contribution in [-0.4, -0.2) is 24.9 Å². The second-order valence-corrected chi connectivity index (χ2v) is 8.35. The van der Waals surface area contributed by atoms with Crippen LogP contribution in [0, 0.1) is 0 Å². The molecule has 1 atom stereocenters. The first kappa shape index (κ1) is 20.3. The van der Waals surface area contributed by atoms with E-state index in [0.717, 1.165) is 29.0 Å². The van der Waals surface area contributed by atoms with Crippen molar-refractivity contribution in [2.75, 3.05) is 23.3 Å². The number of nitrogens with one attached hydrogen (secondary N) is 2. The van der Waals surface area contributed by atoms with Crippen molar-refractivity contribution in [3.63, 3.8) is 0 Å². The van der Waals surface area contributed by atoms with E-state index in [0.29, 0.717) is 5.69 Å². The van der Waals surface area contributed by atoms with Crippen LogP contribution in [0.5, 0.6) is 0 Å². The predicted octanol–water partition coefficient (Wildman–Crippen LogP) is 4.36. The predicted molar refractivity (Wildman–Crippen MR) is 122 cm³/mol. The SMILES string of the molecule is CCCc1ccc([C@@H](NCC(=O)N2CC(=O)Nc3ccccc32)c2cccs2)cc1. The number of carbonyl (C=O) groups is 2. The van der Waals surface area contributed by atoms with Crippen molar-refractivity contribution in [3.8, 4) is 0 Å². The molecule has 0 saturated heterocycles. The highest BCUT2D eigenvalue weighted by Gasteiger charge is 2.27. The number of hydrogen-bond acceptors (Lipinski definition) is 4. The summed E-state index contributed by atoms with van der Waals surface area (Å²) in [5.74, 6) is -0.301. The Kier molecular flexibility index (Phi) is 6.26. The molecule has 0 aliphatic carbocycles. The van der Waals surface area contributed by atoms with E-state index in [1.807, 2.05) is 35.7 Å². The number of benzene rings is 2. The number of aryl methyl sites for hydroxylation is 1. The summed E-state index contributed by atoms with van der Waals surface area (Å²) >= 11 is 1.67. The van der Waals surface area contributed by atoms with Gasteiger partial charge in [-0.05, 0) is 41.1 Å². The van der Waals surface area contributed by atoms with Gasteiger partial charge in [0.2, 0.25) is 11.8 Å². The highest BCUT2D eigenvalue weighted by Crippen LogP contribution is 2.30. The third-order valence-corrected chi connectivity index (χ3v) is 6.15. The maximum Gasteiger partial charge on any atom is 0.244 e. The molecular formula is C24H25N3O2S. The van der Waals surface area contributed by atoms with E-state index in [1.165, 1.54) is 5.56 Å². The fourth-order valence-electron chi connectivity index (χ4n) is 3.74. The van der Waals surface area contributed by atoms with Crippen LogP contribution >= 0.6 is 11.3 Å². The molecule has 6 heteroatoms. The molecule has 3 aromatic rings. The summed E-state index contributed by atoms with van der Waals surface area (Å²) in [4.78, 5) is 27.8. The first-order valence-electron chi connectivity index (χ1n) is 10.2. The van der Waals surface area contributed by atoms with E-state index in [-0.39, 0.29) is 30.9 Å². The van der Waals surface area contributed by atoms with E-state index in [2.05, 4.69) is 47.9 Å². The molecule has 0 radical (unpaired) electrons. The third-order valence-electron chi connectivity index (χ3n) is 5.21. The topological polar surface area (TPSA) is 61.4 Å². The van der Waals surface area contributed by atoms with Gasteiger partial charge in [0.25, 0.3) is 0 Å². The molecule has 1 aliphatic rings. The molecule has 0 spiro atoms. The summed E-state index contributed by atoms with van der Waals surface area (Å²) in [6.45, 7) is 2.35. The van der Waals surface area contributed by atoms with Crippen LogP contribution in [0.2, 0.25) is 0 Å². The minimum Gasteiger partial charge on any atom is -0.323 e. The minimum absolute atomic E-state index is 0.0346. The lowest BCUT2D eigenvalue weighted by atomic mass is 10.0. The molecule has 0 fully saturated rings. The van der Waals surface area contributed by atoms with E-state index in [4.69, 9.17) is 0 Å². The van der Waals surface area contributed by atoms with Gasteiger partial charge < -0.3 is 5.32 Å². The fourth-order valence-corrected chi connectivity index (χ4v) is 4.57. The largest absolute Gasteiger partial charge is 0.323 e. The van der Waals surface area contributed by atoms with Crippen LogP contribution in [0.1, 0.15) is 35.4 Å². The lowest BCUT2D eigenvalue weighted by Crippen LogP contribution is -2.46. The number of thiophene rings is 1. The molecule has 4 rings (SSSR count). The number of rotatable bonds is 7. The van der Waals surface area contributed by atoms with Crippen molar-refractivity contribution >= 4 is 34.5 Å². The molecule has 1 aliphatic heterocycles. The molecule has 0 unspecified atom stereocenters. The molecule has 1 aromatic heterocycles. The molecule has 0 saturated carbocycles. The zero-order chi connectivity index (χ0) is 20.9. The van der Waals surface area contributed by atoms with Crippen molar-refractivity contribution in [1.29, 1.82) is 0 Å². The van der Waals surface area contributed by atoms with E-state index >= 15 is 0 Å². The van der Waals surface area contributed by atoms with Gasteiger partial charge in [-0.2, -0.15) is 0 Å². The van der Waals surface area contributed by atoms with Crippen LogP contribution in [0.15, 0.2) is 66.0 Å². The Morgan fingerprint density at radius 1 is 1.13 bits per heavy atom. The van der Waals surface area contributed by atoms with Crippen LogP contribution in [0.3, 0.4) is 0 Å². The molecule has 2 heterocycles. The number of para-hydroxylation sites is 2. The normalized spacial score (nSPS) is 14.2. The van der Waals surface area contributed by atoms with E-state index in [1.54, 1.807) is 16.2 Å². The van der Waals surface area contributed by atoms with E-state index in [9.17, 15) is 9.59 Å². The highest BCUT2D eigenvalue weighted by molar-refractivity contribution is 7.10. The van der Waals surface area contributed by atoms with Crippen LogP contribution in [0.4, 0.5) is 11.4 Å². The second kappa shape index (κ2) is 9.24. The van der Waals surface area contributed by atoms with Crippen LogP contribution in [0.25, 0.3) is 0 Å². The van der Waals surface area contributed by atoms with Gasteiger partial charge in [0.05, 0.1) is 24.0 Å². The Hall–Kier alpha value is -2.96. The average molecular weight is 420 g/mol. The van der Waals surface area contributed by atoms with Gasteiger partial charge in [-0.1, -0.05) is 55.8 Å². The second-order valence-electron chi connectivity index (χ2n) is 7.37. The summed E-state index contributed by atoms with van der Waals surface area (Å²) in [5.41, 5.74) is 3.85. The Balaban J connectivity index is 1.52. The highest BCUT2D eigenvalue weighted by atomic mass is 32.1. The van der Waals surface area contributed by atoms with Crippen molar-refractivity contribution in [2.45, 2.75) is 25.8 Å². The van der Waals surface area contributed by atoms with Crippen LogP contribution < -0.4 is 15.5 Å². The molecule has 154 valence electrons. The Morgan fingerprint density at radius 2 is 1.93 bits per heavy atom. The number of carbonyl (C=O) groups excluding carboxylic acids is 2.